The lowest BCUT2D eigenvalue weighted by Crippen LogP contribution is -2.22. The molecule has 1 unspecified atom stereocenters. The van der Waals surface area contributed by atoms with E-state index in [-0.39, 0.29) is 17.4 Å². The minimum atomic E-state index is -1.03. The zero-order valence-electron chi connectivity index (χ0n) is 12.0. The van der Waals surface area contributed by atoms with Crippen LogP contribution in [0.25, 0.3) is 0 Å². The molecule has 0 aliphatic rings. The average molecular weight is 318 g/mol. The van der Waals surface area contributed by atoms with Gasteiger partial charge in [0.15, 0.2) is 0 Å². The molecule has 2 N–H and O–H groups in total. The van der Waals surface area contributed by atoms with E-state index < -0.39 is 5.97 Å². The maximum atomic E-state index is 12.2. The summed E-state index contributed by atoms with van der Waals surface area (Å²) in [6.45, 7) is 1.81. The molecule has 2 aromatic rings. The van der Waals surface area contributed by atoms with Crippen molar-refractivity contribution in [3.8, 4) is 0 Å². The summed E-state index contributed by atoms with van der Waals surface area (Å²) in [6, 6.07) is 13.6. The van der Waals surface area contributed by atoms with Gasteiger partial charge in [0, 0.05) is 16.6 Å². The Hall–Kier alpha value is -2.33. The van der Waals surface area contributed by atoms with Gasteiger partial charge in [0.1, 0.15) is 0 Å². The molecule has 22 heavy (non-hydrogen) atoms. The molecule has 2 rings (SSSR count). The molecular formula is C17H16ClNO3. The third kappa shape index (κ3) is 4.09. The second-order valence-corrected chi connectivity index (χ2v) is 5.48. The number of anilines is 1. The summed E-state index contributed by atoms with van der Waals surface area (Å²) in [5.41, 5.74) is 1.51. The Balaban J connectivity index is 2.04. The second kappa shape index (κ2) is 7.09. The summed E-state index contributed by atoms with van der Waals surface area (Å²) in [5, 5.41) is 12.3. The van der Waals surface area contributed by atoms with Crippen LogP contribution in [0, 0.1) is 5.92 Å². The number of aromatic carboxylic acids is 1. The van der Waals surface area contributed by atoms with Crippen molar-refractivity contribution in [1.29, 1.82) is 0 Å². The van der Waals surface area contributed by atoms with E-state index in [1.807, 2.05) is 18.2 Å². The normalized spacial score (nSPS) is 11.7. The molecule has 0 bridgehead atoms. The van der Waals surface area contributed by atoms with E-state index >= 15 is 0 Å². The molecular weight excluding hydrogens is 302 g/mol. The van der Waals surface area contributed by atoms with Gasteiger partial charge >= 0.3 is 5.97 Å². The van der Waals surface area contributed by atoms with Crippen LogP contribution < -0.4 is 5.32 Å². The number of carboxylic acid groups (broad SMARTS) is 1. The van der Waals surface area contributed by atoms with E-state index in [1.165, 1.54) is 12.1 Å². The van der Waals surface area contributed by atoms with Gasteiger partial charge in [-0.3, -0.25) is 4.79 Å². The number of hydrogen-bond acceptors (Lipinski definition) is 2. The minimum absolute atomic E-state index is 0.136. The number of halogens is 1. The van der Waals surface area contributed by atoms with Gasteiger partial charge in [-0.05, 0) is 36.2 Å². The number of carbonyl (C=O) groups is 2. The molecule has 5 heteroatoms. The number of rotatable bonds is 5. The first-order valence-corrected chi connectivity index (χ1v) is 7.23. The van der Waals surface area contributed by atoms with E-state index in [9.17, 15) is 9.59 Å². The van der Waals surface area contributed by atoms with Gasteiger partial charge in [-0.15, -0.1) is 0 Å². The molecule has 114 valence electrons. The van der Waals surface area contributed by atoms with Gasteiger partial charge in [-0.25, -0.2) is 4.79 Å². The summed E-state index contributed by atoms with van der Waals surface area (Å²) in [4.78, 5) is 23.1. The Labute approximate surface area is 133 Å². The van der Waals surface area contributed by atoms with E-state index in [0.717, 1.165) is 5.56 Å². The van der Waals surface area contributed by atoms with Crippen LogP contribution in [0.3, 0.4) is 0 Å². The number of nitrogens with one attached hydrogen (secondary N) is 1. The van der Waals surface area contributed by atoms with Gasteiger partial charge in [0.2, 0.25) is 5.91 Å². The van der Waals surface area contributed by atoms with Crippen LogP contribution in [0.1, 0.15) is 22.8 Å². The lowest BCUT2D eigenvalue weighted by Gasteiger charge is -2.13. The zero-order valence-corrected chi connectivity index (χ0v) is 12.8. The van der Waals surface area contributed by atoms with Crippen molar-refractivity contribution in [2.24, 2.45) is 5.92 Å². The minimum Gasteiger partial charge on any atom is -0.478 e. The van der Waals surface area contributed by atoms with Crippen LogP contribution in [-0.4, -0.2) is 17.0 Å². The molecule has 0 heterocycles. The SMILES string of the molecule is CC(Cc1ccccc1Cl)C(=O)Nc1cccc(C(=O)O)c1. The van der Waals surface area contributed by atoms with Crippen LogP contribution in [0.4, 0.5) is 5.69 Å². The molecule has 0 saturated heterocycles. The number of carboxylic acids is 1. The van der Waals surface area contributed by atoms with Gasteiger partial charge in [-0.2, -0.15) is 0 Å². The van der Waals surface area contributed by atoms with Gasteiger partial charge in [0.25, 0.3) is 0 Å². The number of carbonyl (C=O) groups excluding carboxylic acids is 1. The molecule has 0 fully saturated rings. The first kappa shape index (κ1) is 16.0. The molecule has 0 radical (unpaired) electrons. The van der Waals surface area contributed by atoms with Gasteiger partial charge in [0.05, 0.1) is 5.56 Å². The third-order valence-corrected chi connectivity index (χ3v) is 3.68. The van der Waals surface area contributed by atoms with Crippen molar-refractivity contribution >= 4 is 29.2 Å². The monoisotopic (exact) mass is 317 g/mol. The van der Waals surface area contributed by atoms with Gasteiger partial charge in [-0.1, -0.05) is 42.8 Å². The van der Waals surface area contributed by atoms with Crippen LogP contribution in [0.5, 0.6) is 0 Å². The smallest absolute Gasteiger partial charge is 0.335 e. The molecule has 0 saturated carbocycles. The molecule has 0 spiro atoms. The van der Waals surface area contributed by atoms with Gasteiger partial charge < -0.3 is 10.4 Å². The lowest BCUT2D eigenvalue weighted by atomic mass is 10.00. The van der Waals surface area contributed by atoms with Crippen LogP contribution in [-0.2, 0) is 11.2 Å². The molecule has 0 aliphatic heterocycles. The highest BCUT2D eigenvalue weighted by atomic mass is 35.5. The molecule has 0 aromatic heterocycles. The maximum absolute atomic E-state index is 12.2. The number of benzene rings is 2. The summed E-state index contributed by atoms with van der Waals surface area (Å²) in [6.07, 6.45) is 0.518. The van der Waals surface area contributed by atoms with Crippen LogP contribution >= 0.6 is 11.6 Å². The largest absolute Gasteiger partial charge is 0.478 e. The highest BCUT2D eigenvalue weighted by Crippen LogP contribution is 2.20. The fourth-order valence-corrected chi connectivity index (χ4v) is 2.29. The van der Waals surface area contributed by atoms with E-state index in [2.05, 4.69) is 5.32 Å². The third-order valence-electron chi connectivity index (χ3n) is 3.31. The molecule has 2 aromatic carbocycles. The Morgan fingerprint density at radius 2 is 1.91 bits per heavy atom. The number of hydrogen-bond donors (Lipinski definition) is 2. The van der Waals surface area contributed by atoms with E-state index in [1.54, 1.807) is 25.1 Å². The van der Waals surface area contributed by atoms with Crippen LogP contribution in [0.15, 0.2) is 48.5 Å². The predicted octanol–water partition coefficient (Wildman–Crippen LogP) is 3.86. The number of amides is 1. The highest BCUT2D eigenvalue weighted by Gasteiger charge is 2.15. The first-order valence-electron chi connectivity index (χ1n) is 6.85. The van der Waals surface area contributed by atoms with E-state index in [4.69, 9.17) is 16.7 Å². The molecule has 1 atom stereocenters. The van der Waals surface area contributed by atoms with Crippen LogP contribution in [0.2, 0.25) is 5.02 Å². The Morgan fingerprint density at radius 3 is 2.59 bits per heavy atom. The summed E-state index contributed by atoms with van der Waals surface area (Å²) >= 11 is 6.09. The second-order valence-electron chi connectivity index (χ2n) is 5.07. The standard InChI is InChI=1S/C17H16ClNO3/c1-11(9-12-5-2-3-8-15(12)18)16(20)19-14-7-4-6-13(10-14)17(21)22/h2-8,10-11H,9H2,1H3,(H,19,20)(H,21,22). The summed E-state index contributed by atoms with van der Waals surface area (Å²) in [7, 11) is 0. The fraction of sp³-hybridized carbons (Fsp3) is 0.176. The van der Waals surface area contributed by atoms with Crippen molar-refractivity contribution in [2.45, 2.75) is 13.3 Å². The summed E-state index contributed by atoms with van der Waals surface area (Å²) in [5.74, 6) is -1.49. The Bertz CT molecular complexity index is 700. The quantitative estimate of drug-likeness (QED) is 0.880. The zero-order chi connectivity index (χ0) is 16.1. The predicted molar refractivity (Wildman–Crippen MR) is 86.4 cm³/mol. The highest BCUT2D eigenvalue weighted by molar-refractivity contribution is 6.31. The van der Waals surface area contributed by atoms with Crippen molar-refractivity contribution in [2.75, 3.05) is 5.32 Å². The first-order chi connectivity index (χ1) is 10.5. The lowest BCUT2D eigenvalue weighted by molar-refractivity contribution is -0.119. The van der Waals surface area contributed by atoms with Crippen molar-refractivity contribution in [3.63, 3.8) is 0 Å². The van der Waals surface area contributed by atoms with Crippen molar-refractivity contribution in [1.82, 2.24) is 0 Å². The van der Waals surface area contributed by atoms with Crippen molar-refractivity contribution < 1.29 is 14.7 Å². The molecule has 0 aliphatic carbocycles. The van der Waals surface area contributed by atoms with Crippen molar-refractivity contribution in [3.05, 3.63) is 64.7 Å². The topological polar surface area (TPSA) is 66.4 Å². The molecule has 1 amide bonds. The fourth-order valence-electron chi connectivity index (χ4n) is 2.08. The summed E-state index contributed by atoms with van der Waals surface area (Å²) < 4.78 is 0. The average Bonchev–Trinajstić information content (AvgIpc) is 2.49. The maximum Gasteiger partial charge on any atom is 0.335 e. The van der Waals surface area contributed by atoms with E-state index in [0.29, 0.717) is 17.1 Å². The Morgan fingerprint density at radius 1 is 1.18 bits per heavy atom. The molecule has 4 nitrogen and oxygen atoms in total. The Kier molecular flexibility index (Phi) is 5.17.